The SMILES string of the molecule is CN(C)CCC=C(CCCc1ccccc1)c1ccccc1. The van der Waals surface area contributed by atoms with E-state index in [0.29, 0.717) is 0 Å². The minimum atomic E-state index is 1.11. The lowest BCUT2D eigenvalue weighted by Crippen LogP contribution is -2.12. The van der Waals surface area contributed by atoms with Gasteiger partial charge in [-0.05, 0) is 56.5 Å². The van der Waals surface area contributed by atoms with Crippen molar-refractivity contribution >= 4 is 5.57 Å². The van der Waals surface area contributed by atoms with Gasteiger partial charge in [-0.15, -0.1) is 0 Å². The van der Waals surface area contributed by atoms with Gasteiger partial charge in [0, 0.05) is 6.54 Å². The molecular weight excluding hydrogens is 266 g/mol. The highest BCUT2D eigenvalue weighted by Gasteiger charge is 2.02. The van der Waals surface area contributed by atoms with Crippen molar-refractivity contribution in [2.45, 2.75) is 25.7 Å². The second-order valence-corrected chi connectivity index (χ2v) is 6.03. The second kappa shape index (κ2) is 9.22. The highest BCUT2D eigenvalue weighted by Crippen LogP contribution is 2.21. The van der Waals surface area contributed by atoms with Crippen molar-refractivity contribution < 1.29 is 0 Å². The highest BCUT2D eigenvalue weighted by atomic mass is 15.0. The maximum absolute atomic E-state index is 2.42. The first-order valence-electron chi connectivity index (χ1n) is 8.19. The maximum Gasteiger partial charge on any atom is 0.00100 e. The van der Waals surface area contributed by atoms with Crippen molar-refractivity contribution in [3.63, 3.8) is 0 Å². The van der Waals surface area contributed by atoms with Crippen molar-refractivity contribution in [3.8, 4) is 0 Å². The molecule has 0 atom stereocenters. The van der Waals surface area contributed by atoms with Crippen molar-refractivity contribution in [1.82, 2.24) is 4.90 Å². The molecule has 2 aromatic carbocycles. The summed E-state index contributed by atoms with van der Waals surface area (Å²) in [4.78, 5) is 2.24. The molecular formula is C21H27N. The van der Waals surface area contributed by atoms with E-state index >= 15 is 0 Å². The number of allylic oxidation sites excluding steroid dienone is 1. The summed E-state index contributed by atoms with van der Waals surface area (Å²) < 4.78 is 0. The minimum absolute atomic E-state index is 1.11. The molecule has 2 aromatic rings. The number of nitrogens with zero attached hydrogens (tertiary/aromatic N) is 1. The molecule has 0 aromatic heterocycles. The van der Waals surface area contributed by atoms with Gasteiger partial charge >= 0.3 is 0 Å². The lowest BCUT2D eigenvalue weighted by molar-refractivity contribution is 0.417. The van der Waals surface area contributed by atoms with E-state index in [2.05, 4.69) is 85.7 Å². The van der Waals surface area contributed by atoms with Gasteiger partial charge in [-0.3, -0.25) is 0 Å². The van der Waals surface area contributed by atoms with Crippen LogP contribution in [0.25, 0.3) is 5.57 Å². The van der Waals surface area contributed by atoms with Crippen LogP contribution >= 0.6 is 0 Å². The number of aryl methyl sites for hydroxylation is 1. The first kappa shape index (κ1) is 16.5. The summed E-state index contributed by atoms with van der Waals surface area (Å²) in [7, 11) is 4.26. The van der Waals surface area contributed by atoms with E-state index in [0.717, 1.165) is 25.8 Å². The zero-order chi connectivity index (χ0) is 15.6. The van der Waals surface area contributed by atoms with Crippen LogP contribution in [0, 0.1) is 0 Å². The van der Waals surface area contributed by atoms with Gasteiger partial charge in [0.2, 0.25) is 0 Å². The van der Waals surface area contributed by atoms with Crippen LogP contribution in [0.4, 0.5) is 0 Å². The standard InChI is InChI=1S/C21H27N/c1-22(2)18-10-17-21(20-14-7-4-8-15-20)16-9-13-19-11-5-3-6-12-19/h3-8,11-12,14-15,17H,9-10,13,16,18H2,1-2H3. The van der Waals surface area contributed by atoms with Crippen LogP contribution in [-0.2, 0) is 6.42 Å². The average Bonchev–Trinajstić information content (AvgIpc) is 2.55. The Hall–Kier alpha value is -1.86. The van der Waals surface area contributed by atoms with E-state index in [-0.39, 0.29) is 0 Å². The van der Waals surface area contributed by atoms with Gasteiger partial charge in [0.25, 0.3) is 0 Å². The average molecular weight is 293 g/mol. The summed E-state index contributed by atoms with van der Waals surface area (Å²) in [5.41, 5.74) is 4.29. The van der Waals surface area contributed by atoms with Gasteiger partial charge in [-0.25, -0.2) is 0 Å². The Balaban J connectivity index is 1.95. The monoisotopic (exact) mass is 293 g/mol. The van der Waals surface area contributed by atoms with E-state index in [4.69, 9.17) is 0 Å². The molecule has 0 saturated heterocycles. The molecule has 1 nitrogen and oxygen atoms in total. The second-order valence-electron chi connectivity index (χ2n) is 6.03. The summed E-state index contributed by atoms with van der Waals surface area (Å²) in [6, 6.07) is 21.6. The third-order valence-electron chi connectivity index (χ3n) is 3.87. The molecule has 2 rings (SSSR count). The van der Waals surface area contributed by atoms with E-state index in [1.807, 2.05) is 0 Å². The molecule has 0 aliphatic heterocycles. The Morgan fingerprint density at radius 2 is 1.55 bits per heavy atom. The van der Waals surface area contributed by atoms with Crippen molar-refractivity contribution in [2.24, 2.45) is 0 Å². The molecule has 22 heavy (non-hydrogen) atoms. The Labute approximate surface area is 135 Å². The van der Waals surface area contributed by atoms with Crippen LogP contribution in [0.15, 0.2) is 66.7 Å². The minimum Gasteiger partial charge on any atom is -0.309 e. The quantitative estimate of drug-likeness (QED) is 0.658. The number of benzene rings is 2. The Morgan fingerprint density at radius 1 is 0.909 bits per heavy atom. The van der Waals surface area contributed by atoms with Crippen molar-refractivity contribution in [1.29, 1.82) is 0 Å². The third kappa shape index (κ3) is 5.87. The predicted octanol–water partition coefficient (Wildman–Crippen LogP) is 5.04. The number of hydrogen-bond acceptors (Lipinski definition) is 1. The van der Waals surface area contributed by atoms with Crippen LogP contribution in [0.5, 0.6) is 0 Å². The molecule has 0 spiro atoms. The fourth-order valence-corrected chi connectivity index (χ4v) is 2.64. The van der Waals surface area contributed by atoms with Crippen LogP contribution < -0.4 is 0 Å². The number of hydrogen-bond donors (Lipinski definition) is 0. The molecule has 0 unspecified atom stereocenters. The first-order valence-corrected chi connectivity index (χ1v) is 8.19. The molecule has 116 valence electrons. The van der Waals surface area contributed by atoms with Gasteiger partial charge in [-0.2, -0.15) is 0 Å². The fourth-order valence-electron chi connectivity index (χ4n) is 2.64. The molecule has 0 saturated carbocycles. The van der Waals surface area contributed by atoms with Crippen LogP contribution in [-0.4, -0.2) is 25.5 Å². The summed E-state index contributed by atoms with van der Waals surface area (Å²) >= 11 is 0. The summed E-state index contributed by atoms with van der Waals surface area (Å²) in [6.45, 7) is 1.11. The summed E-state index contributed by atoms with van der Waals surface area (Å²) in [5, 5.41) is 0. The van der Waals surface area contributed by atoms with Crippen LogP contribution in [0.2, 0.25) is 0 Å². The summed E-state index contributed by atoms with van der Waals surface area (Å²) in [6.07, 6.45) is 7.03. The summed E-state index contributed by atoms with van der Waals surface area (Å²) in [5.74, 6) is 0. The zero-order valence-electron chi connectivity index (χ0n) is 13.8. The molecule has 0 fully saturated rings. The normalized spacial score (nSPS) is 11.9. The van der Waals surface area contributed by atoms with E-state index in [1.54, 1.807) is 0 Å². The maximum atomic E-state index is 2.42. The molecule has 0 aliphatic rings. The lowest BCUT2D eigenvalue weighted by atomic mass is 9.97. The van der Waals surface area contributed by atoms with Crippen LogP contribution in [0.1, 0.15) is 30.4 Å². The van der Waals surface area contributed by atoms with Gasteiger partial charge in [0.1, 0.15) is 0 Å². The molecule has 0 amide bonds. The molecule has 0 radical (unpaired) electrons. The number of rotatable bonds is 8. The largest absolute Gasteiger partial charge is 0.309 e. The zero-order valence-corrected chi connectivity index (χ0v) is 13.8. The molecule has 0 aliphatic carbocycles. The smallest absolute Gasteiger partial charge is 0.00100 e. The van der Waals surface area contributed by atoms with Gasteiger partial charge in [-0.1, -0.05) is 66.7 Å². The molecule has 0 N–H and O–H groups in total. The van der Waals surface area contributed by atoms with E-state index < -0.39 is 0 Å². The topological polar surface area (TPSA) is 3.24 Å². The predicted molar refractivity (Wildman–Crippen MR) is 97.0 cm³/mol. The highest BCUT2D eigenvalue weighted by molar-refractivity contribution is 5.65. The Kier molecular flexibility index (Phi) is 6.92. The van der Waals surface area contributed by atoms with Gasteiger partial charge < -0.3 is 4.90 Å². The Morgan fingerprint density at radius 3 is 2.18 bits per heavy atom. The van der Waals surface area contributed by atoms with Crippen LogP contribution in [0.3, 0.4) is 0 Å². The third-order valence-corrected chi connectivity index (χ3v) is 3.87. The van der Waals surface area contributed by atoms with E-state index in [1.165, 1.54) is 23.1 Å². The Bertz CT molecular complexity index is 555. The van der Waals surface area contributed by atoms with Crippen molar-refractivity contribution in [2.75, 3.05) is 20.6 Å². The van der Waals surface area contributed by atoms with E-state index in [9.17, 15) is 0 Å². The first-order chi connectivity index (χ1) is 10.8. The fraction of sp³-hybridized carbons (Fsp3) is 0.333. The molecule has 0 bridgehead atoms. The molecule has 0 heterocycles. The molecule has 1 heteroatoms. The lowest BCUT2D eigenvalue weighted by Gasteiger charge is -2.11. The van der Waals surface area contributed by atoms with Gasteiger partial charge in [0.05, 0.1) is 0 Å². The van der Waals surface area contributed by atoms with Gasteiger partial charge in [0.15, 0.2) is 0 Å². The van der Waals surface area contributed by atoms with Crippen molar-refractivity contribution in [3.05, 3.63) is 77.9 Å².